The van der Waals surface area contributed by atoms with Gasteiger partial charge in [0.05, 0.1) is 54.4 Å². The fourth-order valence-corrected chi connectivity index (χ4v) is 4.25. The van der Waals surface area contributed by atoms with Crippen molar-refractivity contribution >= 4 is 11.9 Å². The molecule has 0 bridgehead atoms. The molecule has 0 aliphatic carbocycles. The molecule has 2 rings (SSSR count). The first-order valence-corrected chi connectivity index (χ1v) is 12.5. The van der Waals surface area contributed by atoms with Crippen LogP contribution in [0.5, 0.6) is 0 Å². The predicted molar refractivity (Wildman–Crippen MR) is 141 cm³/mol. The SMILES string of the molecule is CC(CC[N+]1(C)CCCC1)CN=C(N)N=C(N)N(C)CCc1cccc(CC[N+](C)(C)C)c1.[I-].[I-]. The Morgan fingerprint density at radius 1 is 1.09 bits per heavy atom. The first-order chi connectivity index (χ1) is 15.5. The summed E-state index contributed by atoms with van der Waals surface area (Å²) in [6.45, 7) is 8.70. The molecule has 0 radical (unpaired) electrons. The van der Waals surface area contributed by atoms with E-state index in [9.17, 15) is 0 Å². The van der Waals surface area contributed by atoms with E-state index in [1.54, 1.807) is 0 Å². The lowest BCUT2D eigenvalue weighted by atomic mass is 10.1. The number of halogens is 2. The maximum absolute atomic E-state index is 6.18. The van der Waals surface area contributed by atoms with Gasteiger partial charge in [0, 0.05) is 45.8 Å². The fourth-order valence-electron chi connectivity index (χ4n) is 4.25. The molecule has 1 atom stereocenters. The third kappa shape index (κ3) is 14.0. The summed E-state index contributed by atoms with van der Waals surface area (Å²) in [6, 6.07) is 8.84. The fraction of sp³-hybridized carbons (Fsp3) is 0.692. The molecule has 1 aliphatic rings. The molecular formula is C26H49I2N7. The number of nitrogens with zero attached hydrogens (tertiary/aromatic N) is 5. The standard InChI is InChI=1S/C26H49N7.2HI/c1-22(13-19-33(6)16-7-8-17-33)21-29-25(27)30-26(28)31(2)15-12-23-10-9-11-24(20-23)14-18-32(3,4)5;;/h9-11,20,22H,7-8,12-19,21H2,1-6H3,(H4,27,28,29,30);2*1H/q+2;;/p-2. The number of quaternary nitrogens is 2. The maximum atomic E-state index is 6.18. The van der Waals surface area contributed by atoms with Gasteiger partial charge in [-0.1, -0.05) is 31.2 Å². The molecule has 7 nitrogen and oxygen atoms in total. The summed E-state index contributed by atoms with van der Waals surface area (Å²) >= 11 is 0. The van der Waals surface area contributed by atoms with Crippen LogP contribution in [-0.4, -0.2) is 100 Å². The van der Waals surface area contributed by atoms with E-state index >= 15 is 0 Å². The number of hydrogen-bond donors (Lipinski definition) is 2. The van der Waals surface area contributed by atoms with Crippen molar-refractivity contribution in [1.82, 2.24) is 4.90 Å². The number of nitrogens with two attached hydrogens (primary N) is 2. The van der Waals surface area contributed by atoms with E-state index in [1.807, 2.05) is 11.9 Å². The van der Waals surface area contributed by atoms with Gasteiger partial charge in [0.25, 0.3) is 0 Å². The molecule has 4 N–H and O–H groups in total. The number of guanidine groups is 2. The Morgan fingerprint density at radius 3 is 2.29 bits per heavy atom. The summed E-state index contributed by atoms with van der Waals surface area (Å²) in [5.41, 5.74) is 14.9. The van der Waals surface area contributed by atoms with Gasteiger partial charge in [-0.25, -0.2) is 0 Å². The number of rotatable bonds is 11. The third-order valence-corrected chi connectivity index (χ3v) is 6.79. The normalized spacial score (nSPS) is 16.9. The van der Waals surface area contributed by atoms with Crippen molar-refractivity contribution in [3.8, 4) is 0 Å². The first-order valence-electron chi connectivity index (χ1n) is 12.5. The molecule has 1 aromatic rings. The van der Waals surface area contributed by atoms with Crippen LogP contribution in [0.1, 0.15) is 37.3 Å². The molecule has 0 saturated carbocycles. The summed E-state index contributed by atoms with van der Waals surface area (Å²) in [4.78, 5) is 10.8. The molecule has 1 fully saturated rings. The first kappa shape index (κ1) is 34.3. The minimum Gasteiger partial charge on any atom is -1.00 e. The van der Waals surface area contributed by atoms with Gasteiger partial charge in [0.15, 0.2) is 5.96 Å². The second-order valence-corrected chi connectivity index (χ2v) is 11.3. The van der Waals surface area contributed by atoms with Crippen molar-refractivity contribution in [1.29, 1.82) is 0 Å². The monoisotopic (exact) mass is 713 g/mol. The van der Waals surface area contributed by atoms with Crippen LogP contribution in [0.3, 0.4) is 0 Å². The van der Waals surface area contributed by atoms with E-state index in [0.29, 0.717) is 18.4 Å². The largest absolute Gasteiger partial charge is 1.00 e. The molecule has 0 amide bonds. The topological polar surface area (TPSA) is 80.0 Å². The molecule has 1 aliphatic heterocycles. The Morgan fingerprint density at radius 2 is 1.69 bits per heavy atom. The highest BCUT2D eigenvalue weighted by molar-refractivity contribution is 5.93. The van der Waals surface area contributed by atoms with Crippen molar-refractivity contribution in [3.05, 3.63) is 35.4 Å². The van der Waals surface area contributed by atoms with Gasteiger partial charge >= 0.3 is 0 Å². The molecule has 1 unspecified atom stereocenters. The lowest BCUT2D eigenvalue weighted by Gasteiger charge is -2.30. The van der Waals surface area contributed by atoms with E-state index in [2.05, 4.69) is 69.4 Å². The van der Waals surface area contributed by atoms with Gasteiger partial charge in [-0.15, -0.1) is 0 Å². The van der Waals surface area contributed by atoms with Crippen LogP contribution < -0.4 is 59.4 Å². The molecule has 202 valence electrons. The van der Waals surface area contributed by atoms with Crippen LogP contribution in [0.2, 0.25) is 0 Å². The van der Waals surface area contributed by atoms with Crippen molar-refractivity contribution in [3.63, 3.8) is 0 Å². The summed E-state index contributed by atoms with van der Waals surface area (Å²) in [5, 5.41) is 0. The molecular weight excluding hydrogens is 664 g/mol. The maximum Gasteiger partial charge on any atom is 0.218 e. The summed E-state index contributed by atoms with van der Waals surface area (Å²) < 4.78 is 2.18. The third-order valence-electron chi connectivity index (χ3n) is 6.79. The van der Waals surface area contributed by atoms with E-state index in [4.69, 9.17) is 11.5 Å². The lowest BCUT2D eigenvalue weighted by molar-refractivity contribution is -0.898. The van der Waals surface area contributed by atoms with E-state index < -0.39 is 0 Å². The van der Waals surface area contributed by atoms with Gasteiger partial charge in [-0.3, -0.25) is 4.99 Å². The molecule has 1 saturated heterocycles. The van der Waals surface area contributed by atoms with Gasteiger partial charge in [-0.05, 0) is 23.5 Å². The van der Waals surface area contributed by atoms with Gasteiger partial charge in [0.2, 0.25) is 5.96 Å². The number of hydrogen-bond acceptors (Lipinski definition) is 1. The van der Waals surface area contributed by atoms with Crippen LogP contribution >= 0.6 is 0 Å². The van der Waals surface area contributed by atoms with Crippen LogP contribution in [0.15, 0.2) is 34.3 Å². The Kier molecular flexibility index (Phi) is 15.9. The zero-order valence-electron chi connectivity index (χ0n) is 22.8. The highest BCUT2D eigenvalue weighted by Gasteiger charge is 2.26. The lowest BCUT2D eigenvalue weighted by Crippen LogP contribution is -3.00. The molecule has 0 spiro atoms. The van der Waals surface area contributed by atoms with E-state index in [-0.39, 0.29) is 53.9 Å². The zero-order chi connectivity index (χ0) is 24.5. The minimum absolute atomic E-state index is 0. The smallest absolute Gasteiger partial charge is 0.218 e. The Bertz CT molecular complexity index is 799. The highest BCUT2D eigenvalue weighted by Crippen LogP contribution is 2.18. The second-order valence-electron chi connectivity index (χ2n) is 11.3. The van der Waals surface area contributed by atoms with E-state index in [1.165, 1.54) is 54.5 Å². The molecule has 0 aromatic heterocycles. The summed E-state index contributed by atoms with van der Waals surface area (Å²) in [5.74, 6) is 1.19. The number of aliphatic imine (C=N–C) groups is 2. The molecule has 1 heterocycles. The quantitative estimate of drug-likeness (QED) is 0.108. The Hall–Kier alpha value is -0.660. The van der Waals surface area contributed by atoms with Crippen molar-refractivity contribution < 1.29 is 56.9 Å². The summed E-state index contributed by atoms with van der Waals surface area (Å²) in [6.07, 6.45) is 5.88. The van der Waals surface area contributed by atoms with Crippen molar-refractivity contribution in [2.75, 3.05) is 74.5 Å². The average molecular weight is 714 g/mol. The highest BCUT2D eigenvalue weighted by atomic mass is 127. The zero-order valence-corrected chi connectivity index (χ0v) is 27.1. The number of benzene rings is 1. The van der Waals surface area contributed by atoms with Gasteiger partial charge in [0.1, 0.15) is 0 Å². The van der Waals surface area contributed by atoms with Crippen LogP contribution in [0, 0.1) is 5.92 Å². The van der Waals surface area contributed by atoms with Crippen LogP contribution in [0.25, 0.3) is 0 Å². The van der Waals surface area contributed by atoms with Crippen LogP contribution in [-0.2, 0) is 12.8 Å². The van der Waals surface area contributed by atoms with E-state index in [0.717, 1.165) is 30.4 Å². The number of likely N-dealkylation sites (tertiary alicyclic amines) is 1. The van der Waals surface area contributed by atoms with Crippen molar-refractivity contribution in [2.24, 2.45) is 27.4 Å². The summed E-state index contributed by atoms with van der Waals surface area (Å²) in [7, 11) is 11.0. The predicted octanol–water partition coefficient (Wildman–Crippen LogP) is -3.69. The Labute approximate surface area is 248 Å². The minimum atomic E-state index is 0. The number of likely N-dealkylation sites (N-methyl/N-ethyl adjacent to an activating group) is 2. The molecule has 35 heavy (non-hydrogen) atoms. The average Bonchev–Trinajstić information content (AvgIpc) is 3.19. The second kappa shape index (κ2) is 16.2. The van der Waals surface area contributed by atoms with Gasteiger partial charge in [-0.2, -0.15) is 4.99 Å². The van der Waals surface area contributed by atoms with Crippen LogP contribution in [0.4, 0.5) is 0 Å². The molecule has 1 aromatic carbocycles. The Balaban J connectivity index is 0.00000578. The molecule has 9 heteroatoms. The van der Waals surface area contributed by atoms with Gasteiger partial charge < -0.3 is 73.3 Å². The van der Waals surface area contributed by atoms with Crippen molar-refractivity contribution in [2.45, 2.75) is 39.0 Å².